The maximum Gasteiger partial charge on any atom is 0.185 e. The van der Waals surface area contributed by atoms with Crippen molar-refractivity contribution in [1.29, 1.82) is 0 Å². The van der Waals surface area contributed by atoms with Gasteiger partial charge in [-0.2, -0.15) is 0 Å². The Morgan fingerprint density at radius 3 is 3.31 bits per heavy atom. The lowest BCUT2D eigenvalue weighted by Crippen LogP contribution is -2.36. The summed E-state index contributed by atoms with van der Waals surface area (Å²) in [4.78, 5) is 6.54. The van der Waals surface area contributed by atoms with Gasteiger partial charge in [0.2, 0.25) is 0 Å². The summed E-state index contributed by atoms with van der Waals surface area (Å²) in [6.45, 7) is 2.36. The van der Waals surface area contributed by atoms with Crippen molar-refractivity contribution in [2.45, 2.75) is 12.8 Å². The van der Waals surface area contributed by atoms with Gasteiger partial charge in [-0.05, 0) is 18.8 Å². The predicted octanol–water partition coefficient (Wildman–Crippen LogP) is 1.35. The molecule has 1 unspecified atom stereocenters. The van der Waals surface area contributed by atoms with E-state index >= 15 is 0 Å². The van der Waals surface area contributed by atoms with Gasteiger partial charge in [-0.25, -0.2) is 4.98 Å². The molecule has 1 aliphatic rings. The van der Waals surface area contributed by atoms with Crippen LogP contribution in [0.2, 0.25) is 0 Å². The highest BCUT2D eigenvalue weighted by atomic mass is 32.1. The lowest BCUT2D eigenvalue weighted by Gasteiger charge is -2.31. The Labute approximate surface area is 82.0 Å². The molecule has 0 saturated carbocycles. The molecule has 1 atom stereocenters. The van der Waals surface area contributed by atoms with Crippen molar-refractivity contribution in [1.82, 2.24) is 4.98 Å². The molecule has 3 nitrogen and oxygen atoms in total. The van der Waals surface area contributed by atoms with Crippen molar-refractivity contribution < 1.29 is 5.11 Å². The molecule has 0 spiro atoms. The fourth-order valence-corrected chi connectivity index (χ4v) is 2.44. The Morgan fingerprint density at radius 1 is 1.69 bits per heavy atom. The molecule has 13 heavy (non-hydrogen) atoms. The van der Waals surface area contributed by atoms with Crippen LogP contribution < -0.4 is 4.90 Å². The van der Waals surface area contributed by atoms with Crippen LogP contribution in [-0.2, 0) is 0 Å². The first-order valence-corrected chi connectivity index (χ1v) is 5.53. The molecule has 2 heterocycles. The molecule has 1 aromatic heterocycles. The highest BCUT2D eigenvalue weighted by Gasteiger charge is 2.20. The lowest BCUT2D eigenvalue weighted by atomic mass is 10.00. The van der Waals surface area contributed by atoms with E-state index in [0.29, 0.717) is 12.5 Å². The molecule has 1 N–H and O–H groups in total. The Hall–Kier alpha value is -0.610. The third-order valence-corrected chi connectivity index (χ3v) is 3.30. The second-order valence-corrected chi connectivity index (χ2v) is 4.32. The van der Waals surface area contributed by atoms with Gasteiger partial charge in [-0.3, -0.25) is 0 Å². The molecule has 4 heteroatoms. The Bertz CT molecular complexity index is 250. The lowest BCUT2D eigenvalue weighted by molar-refractivity contribution is 0.208. The monoisotopic (exact) mass is 198 g/mol. The Kier molecular flexibility index (Phi) is 2.80. The number of piperidine rings is 1. The van der Waals surface area contributed by atoms with E-state index in [1.807, 2.05) is 11.6 Å². The SMILES string of the molecule is OCC1CCCN(c2nccs2)C1. The van der Waals surface area contributed by atoms with Crippen molar-refractivity contribution in [3.8, 4) is 0 Å². The molecule has 2 rings (SSSR count). The van der Waals surface area contributed by atoms with Crippen molar-refractivity contribution in [2.75, 3.05) is 24.6 Å². The molecule has 1 aromatic rings. The molecule has 0 aromatic carbocycles. The highest BCUT2D eigenvalue weighted by molar-refractivity contribution is 7.13. The van der Waals surface area contributed by atoms with E-state index in [1.54, 1.807) is 11.3 Å². The number of aliphatic hydroxyl groups is 1. The quantitative estimate of drug-likeness (QED) is 0.779. The first-order valence-electron chi connectivity index (χ1n) is 4.65. The van der Waals surface area contributed by atoms with E-state index < -0.39 is 0 Å². The van der Waals surface area contributed by atoms with Crippen LogP contribution in [0.3, 0.4) is 0 Å². The van der Waals surface area contributed by atoms with Crippen molar-refractivity contribution >= 4 is 16.5 Å². The Morgan fingerprint density at radius 2 is 2.62 bits per heavy atom. The third kappa shape index (κ3) is 2.00. The summed E-state index contributed by atoms with van der Waals surface area (Å²) in [6.07, 6.45) is 4.16. The summed E-state index contributed by atoms with van der Waals surface area (Å²) in [5.41, 5.74) is 0. The van der Waals surface area contributed by atoms with Gasteiger partial charge >= 0.3 is 0 Å². The van der Waals surface area contributed by atoms with E-state index in [4.69, 9.17) is 5.11 Å². The summed E-state index contributed by atoms with van der Waals surface area (Å²) < 4.78 is 0. The summed E-state index contributed by atoms with van der Waals surface area (Å²) in [7, 11) is 0. The molecule has 1 saturated heterocycles. The molecule has 0 radical (unpaired) electrons. The first-order chi connectivity index (χ1) is 6.40. The van der Waals surface area contributed by atoms with E-state index in [-0.39, 0.29) is 0 Å². The summed E-state index contributed by atoms with van der Waals surface area (Å²) in [5, 5.41) is 12.2. The minimum atomic E-state index is 0.307. The minimum Gasteiger partial charge on any atom is -0.396 e. The predicted molar refractivity (Wildman–Crippen MR) is 54.1 cm³/mol. The van der Waals surface area contributed by atoms with E-state index in [9.17, 15) is 0 Å². The summed E-state index contributed by atoms with van der Waals surface area (Å²) in [5.74, 6) is 0.442. The topological polar surface area (TPSA) is 36.4 Å². The van der Waals surface area contributed by atoms with Crippen LogP contribution in [0.4, 0.5) is 5.13 Å². The maximum atomic E-state index is 9.06. The van der Waals surface area contributed by atoms with Crippen LogP contribution in [-0.4, -0.2) is 29.8 Å². The van der Waals surface area contributed by atoms with Crippen molar-refractivity contribution in [3.05, 3.63) is 11.6 Å². The second-order valence-electron chi connectivity index (χ2n) is 3.45. The molecule has 0 aliphatic carbocycles. The number of anilines is 1. The number of aromatic nitrogens is 1. The van der Waals surface area contributed by atoms with Crippen LogP contribution in [0.5, 0.6) is 0 Å². The smallest absolute Gasteiger partial charge is 0.185 e. The number of thiazole rings is 1. The van der Waals surface area contributed by atoms with Gasteiger partial charge in [0.15, 0.2) is 5.13 Å². The molecule has 1 aliphatic heterocycles. The molecule has 0 amide bonds. The van der Waals surface area contributed by atoms with Gasteiger partial charge in [0.05, 0.1) is 0 Å². The maximum absolute atomic E-state index is 9.06. The highest BCUT2D eigenvalue weighted by Crippen LogP contribution is 2.24. The standard InChI is InChI=1S/C9H14N2OS/c12-7-8-2-1-4-11(6-8)9-10-3-5-13-9/h3,5,8,12H,1-2,4,6-7H2. The average molecular weight is 198 g/mol. The van der Waals surface area contributed by atoms with Crippen LogP contribution in [0, 0.1) is 5.92 Å². The number of hydrogen-bond donors (Lipinski definition) is 1. The molecular formula is C9H14N2OS. The zero-order valence-corrected chi connectivity index (χ0v) is 8.33. The minimum absolute atomic E-state index is 0.307. The van der Waals surface area contributed by atoms with Gasteiger partial charge in [0.1, 0.15) is 0 Å². The number of hydrogen-bond acceptors (Lipinski definition) is 4. The van der Waals surface area contributed by atoms with Crippen molar-refractivity contribution in [3.63, 3.8) is 0 Å². The van der Waals surface area contributed by atoms with Gasteiger partial charge in [-0.1, -0.05) is 0 Å². The van der Waals surface area contributed by atoms with Gasteiger partial charge in [-0.15, -0.1) is 11.3 Å². The van der Waals surface area contributed by atoms with E-state index in [1.165, 1.54) is 6.42 Å². The van der Waals surface area contributed by atoms with Crippen molar-refractivity contribution in [2.24, 2.45) is 5.92 Å². The Balaban J connectivity index is 2.00. The first kappa shape index (κ1) is 8.97. The van der Waals surface area contributed by atoms with Crippen LogP contribution in [0.1, 0.15) is 12.8 Å². The molecule has 72 valence electrons. The summed E-state index contributed by atoms with van der Waals surface area (Å²) in [6, 6.07) is 0. The summed E-state index contributed by atoms with van der Waals surface area (Å²) >= 11 is 1.68. The van der Waals surface area contributed by atoms with Gasteiger partial charge < -0.3 is 10.0 Å². The largest absolute Gasteiger partial charge is 0.396 e. The number of rotatable bonds is 2. The van der Waals surface area contributed by atoms with Crippen LogP contribution in [0.15, 0.2) is 11.6 Å². The fraction of sp³-hybridized carbons (Fsp3) is 0.667. The zero-order chi connectivity index (χ0) is 9.10. The molecule has 0 bridgehead atoms. The average Bonchev–Trinajstić information content (AvgIpc) is 2.71. The molecule has 1 fully saturated rings. The van der Waals surface area contributed by atoms with Crippen LogP contribution in [0.25, 0.3) is 0 Å². The number of nitrogens with zero attached hydrogens (tertiary/aromatic N) is 2. The van der Waals surface area contributed by atoms with E-state index in [2.05, 4.69) is 9.88 Å². The third-order valence-electron chi connectivity index (χ3n) is 2.47. The molecular weight excluding hydrogens is 184 g/mol. The fourth-order valence-electron chi connectivity index (χ4n) is 1.76. The second kappa shape index (κ2) is 4.07. The van der Waals surface area contributed by atoms with E-state index in [0.717, 1.165) is 24.6 Å². The normalized spacial score (nSPS) is 23.5. The van der Waals surface area contributed by atoms with Crippen LogP contribution >= 0.6 is 11.3 Å². The van der Waals surface area contributed by atoms with Gasteiger partial charge in [0.25, 0.3) is 0 Å². The zero-order valence-electron chi connectivity index (χ0n) is 7.52. The number of aliphatic hydroxyl groups excluding tert-OH is 1. The van der Waals surface area contributed by atoms with Gasteiger partial charge in [0, 0.05) is 31.3 Å².